The van der Waals surface area contributed by atoms with Crippen molar-refractivity contribution < 1.29 is 19.1 Å². The molecule has 11 heteroatoms. The average molecular weight is 486 g/mol. The van der Waals surface area contributed by atoms with Gasteiger partial charge in [-0.25, -0.2) is 0 Å². The fourth-order valence-corrected chi connectivity index (χ4v) is 4.12. The van der Waals surface area contributed by atoms with E-state index in [1.54, 1.807) is 29.2 Å². The van der Waals surface area contributed by atoms with Crippen molar-refractivity contribution in [2.45, 2.75) is 71.5 Å². The molecule has 3 rings (SSSR count). The number of para-hydroxylation sites is 1. The van der Waals surface area contributed by atoms with E-state index >= 15 is 0 Å². The van der Waals surface area contributed by atoms with Crippen LogP contribution in [0.15, 0.2) is 24.3 Å². The minimum atomic E-state index is -0.729. The molecule has 0 spiro atoms. The molecule has 2 heterocycles. The average Bonchev–Trinajstić information content (AvgIpc) is 3.47. The Kier molecular flexibility index (Phi) is 8.42. The van der Waals surface area contributed by atoms with Crippen LogP contribution in [-0.2, 0) is 9.59 Å². The molecule has 0 radical (unpaired) electrons. The molecule has 0 bridgehead atoms. The largest absolute Gasteiger partial charge is 0.483 e. The van der Waals surface area contributed by atoms with Gasteiger partial charge in [0.25, 0.3) is 11.8 Å². The van der Waals surface area contributed by atoms with Crippen molar-refractivity contribution in [1.82, 2.24) is 36.2 Å². The van der Waals surface area contributed by atoms with E-state index in [-0.39, 0.29) is 41.7 Å². The van der Waals surface area contributed by atoms with E-state index in [2.05, 4.69) is 31.3 Å². The van der Waals surface area contributed by atoms with Crippen LogP contribution in [0.4, 0.5) is 0 Å². The fourth-order valence-electron chi connectivity index (χ4n) is 4.12. The standard InChI is InChI=1S/C24H35N7O4/c1-15(2)13-17(23(34)31-12-8-10-18(31)21-27-29-30-28-21)25-22(33)16-9-6-7-11-19(16)35-14-20(32)26-24(3,4)5/h6-7,9,11,15,17-18H,8,10,12-14H2,1-5H3,(H,25,33)(H,26,32)(H,27,28,29,30)/t17-,18-/m1/s1. The fraction of sp³-hybridized carbons (Fsp3) is 0.583. The van der Waals surface area contributed by atoms with Gasteiger partial charge in [-0.15, -0.1) is 10.2 Å². The highest BCUT2D eigenvalue weighted by Crippen LogP contribution is 2.30. The zero-order chi connectivity index (χ0) is 25.6. The summed E-state index contributed by atoms with van der Waals surface area (Å²) in [5.74, 6) is 0.00651. The predicted molar refractivity (Wildman–Crippen MR) is 128 cm³/mol. The number of rotatable bonds is 9. The van der Waals surface area contributed by atoms with E-state index in [9.17, 15) is 14.4 Å². The lowest BCUT2D eigenvalue weighted by Gasteiger charge is -2.29. The maximum absolute atomic E-state index is 13.5. The summed E-state index contributed by atoms with van der Waals surface area (Å²) in [6, 6.07) is 5.68. The second kappa shape index (κ2) is 11.3. The zero-order valence-electron chi connectivity index (χ0n) is 21.0. The van der Waals surface area contributed by atoms with Crippen LogP contribution in [0.2, 0.25) is 0 Å². The molecule has 1 aliphatic heterocycles. The number of H-pyrrole nitrogens is 1. The number of tetrazole rings is 1. The lowest BCUT2D eigenvalue weighted by Crippen LogP contribution is -2.49. The van der Waals surface area contributed by atoms with E-state index in [0.29, 0.717) is 18.8 Å². The van der Waals surface area contributed by atoms with Crippen molar-refractivity contribution in [3.8, 4) is 5.75 Å². The zero-order valence-corrected chi connectivity index (χ0v) is 21.0. The van der Waals surface area contributed by atoms with Crippen molar-refractivity contribution in [1.29, 1.82) is 0 Å². The van der Waals surface area contributed by atoms with Gasteiger partial charge in [0.2, 0.25) is 5.91 Å². The number of aromatic nitrogens is 4. The van der Waals surface area contributed by atoms with Gasteiger partial charge in [0, 0.05) is 12.1 Å². The van der Waals surface area contributed by atoms with Crippen LogP contribution in [0.3, 0.4) is 0 Å². The summed E-state index contributed by atoms with van der Waals surface area (Å²) >= 11 is 0. The summed E-state index contributed by atoms with van der Waals surface area (Å²) < 4.78 is 5.66. The molecule has 1 aromatic heterocycles. The van der Waals surface area contributed by atoms with Gasteiger partial charge in [-0.3, -0.25) is 14.4 Å². The van der Waals surface area contributed by atoms with E-state index in [4.69, 9.17) is 4.74 Å². The third-order valence-corrected chi connectivity index (χ3v) is 5.51. The van der Waals surface area contributed by atoms with Crippen LogP contribution in [-0.4, -0.2) is 68.0 Å². The molecule has 1 saturated heterocycles. The summed E-state index contributed by atoms with van der Waals surface area (Å²) in [7, 11) is 0. The van der Waals surface area contributed by atoms with Crippen LogP contribution >= 0.6 is 0 Å². The number of hydrogen-bond acceptors (Lipinski definition) is 7. The minimum absolute atomic E-state index is 0.170. The topological polar surface area (TPSA) is 142 Å². The van der Waals surface area contributed by atoms with Crippen LogP contribution in [0.5, 0.6) is 5.75 Å². The number of carbonyl (C=O) groups is 3. The Morgan fingerprint density at radius 2 is 1.97 bits per heavy atom. The first kappa shape index (κ1) is 26.1. The SMILES string of the molecule is CC(C)C[C@@H](NC(=O)c1ccccc1OCC(=O)NC(C)(C)C)C(=O)N1CCC[C@@H]1c1nn[nH]n1. The van der Waals surface area contributed by atoms with Gasteiger partial charge in [-0.05, 0) is 58.1 Å². The maximum atomic E-state index is 13.5. The molecule has 3 amide bonds. The first-order valence-corrected chi connectivity index (χ1v) is 11.9. The van der Waals surface area contributed by atoms with Gasteiger partial charge in [-0.1, -0.05) is 31.2 Å². The maximum Gasteiger partial charge on any atom is 0.258 e. The minimum Gasteiger partial charge on any atom is -0.483 e. The van der Waals surface area contributed by atoms with E-state index < -0.39 is 17.5 Å². The van der Waals surface area contributed by atoms with Gasteiger partial charge < -0.3 is 20.3 Å². The van der Waals surface area contributed by atoms with Crippen LogP contribution in [0.25, 0.3) is 0 Å². The molecule has 3 N–H and O–H groups in total. The molecule has 190 valence electrons. The Morgan fingerprint density at radius 1 is 1.23 bits per heavy atom. The highest BCUT2D eigenvalue weighted by molar-refractivity contribution is 5.99. The number of carbonyl (C=O) groups excluding carboxylic acids is 3. The first-order valence-electron chi connectivity index (χ1n) is 11.9. The molecule has 0 saturated carbocycles. The molecule has 0 unspecified atom stereocenters. The number of nitrogens with one attached hydrogen (secondary N) is 3. The summed E-state index contributed by atoms with van der Waals surface area (Å²) in [4.78, 5) is 40.7. The Hall–Kier alpha value is -3.50. The van der Waals surface area contributed by atoms with Gasteiger partial charge in [0.05, 0.1) is 11.6 Å². The van der Waals surface area contributed by atoms with E-state index in [0.717, 1.165) is 12.8 Å². The van der Waals surface area contributed by atoms with Crippen molar-refractivity contribution >= 4 is 17.7 Å². The molecule has 1 aromatic carbocycles. The molecule has 1 aliphatic rings. The van der Waals surface area contributed by atoms with Crippen molar-refractivity contribution in [2.24, 2.45) is 5.92 Å². The molecular weight excluding hydrogens is 450 g/mol. The molecule has 1 fully saturated rings. The van der Waals surface area contributed by atoms with Gasteiger partial charge >= 0.3 is 0 Å². The highest BCUT2D eigenvalue weighted by atomic mass is 16.5. The number of amides is 3. The van der Waals surface area contributed by atoms with E-state index in [1.807, 2.05) is 34.6 Å². The molecule has 11 nitrogen and oxygen atoms in total. The monoisotopic (exact) mass is 485 g/mol. The number of ether oxygens (including phenoxy) is 1. The summed E-state index contributed by atoms with van der Waals surface area (Å²) in [6.45, 7) is 9.96. The molecule has 35 heavy (non-hydrogen) atoms. The summed E-state index contributed by atoms with van der Waals surface area (Å²) in [5, 5.41) is 19.9. The third kappa shape index (κ3) is 7.24. The van der Waals surface area contributed by atoms with Crippen LogP contribution in [0.1, 0.15) is 76.1 Å². The summed E-state index contributed by atoms with van der Waals surface area (Å²) in [6.07, 6.45) is 2.03. The highest BCUT2D eigenvalue weighted by Gasteiger charge is 2.37. The van der Waals surface area contributed by atoms with Crippen LogP contribution in [0, 0.1) is 5.92 Å². The number of benzene rings is 1. The van der Waals surface area contributed by atoms with Gasteiger partial charge in [-0.2, -0.15) is 5.21 Å². The predicted octanol–water partition coefficient (Wildman–Crippen LogP) is 2.00. The lowest BCUT2D eigenvalue weighted by molar-refractivity contribution is -0.134. The van der Waals surface area contributed by atoms with Crippen molar-refractivity contribution in [2.75, 3.05) is 13.2 Å². The van der Waals surface area contributed by atoms with Crippen molar-refractivity contribution in [3.05, 3.63) is 35.7 Å². The third-order valence-electron chi connectivity index (χ3n) is 5.51. The smallest absolute Gasteiger partial charge is 0.258 e. The quantitative estimate of drug-likeness (QED) is 0.493. The first-order chi connectivity index (χ1) is 16.5. The Morgan fingerprint density at radius 3 is 2.63 bits per heavy atom. The number of hydrogen-bond donors (Lipinski definition) is 3. The normalized spacial score (nSPS) is 16.7. The van der Waals surface area contributed by atoms with Crippen molar-refractivity contribution in [3.63, 3.8) is 0 Å². The lowest BCUT2D eigenvalue weighted by atomic mass is 10.0. The summed E-state index contributed by atoms with van der Waals surface area (Å²) in [5.41, 5.74) is -0.134. The Balaban J connectivity index is 1.73. The molecule has 2 atom stereocenters. The van der Waals surface area contributed by atoms with Crippen LogP contribution < -0.4 is 15.4 Å². The number of nitrogens with zero attached hydrogens (tertiary/aromatic N) is 4. The second-order valence-corrected chi connectivity index (χ2v) is 10.2. The van der Waals surface area contributed by atoms with Gasteiger partial charge in [0.15, 0.2) is 12.4 Å². The molecular formula is C24H35N7O4. The number of likely N-dealkylation sites (tertiary alicyclic amines) is 1. The second-order valence-electron chi connectivity index (χ2n) is 10.2. The van der Waals surface area contributed by atoms with Gasteiger partial charge in [0.1, 0.15) is 11.8 Å². The molecule has 2 aromatic rings. The molecule has 0 aliphatic carbocycles. The number of aromatic amines is 1. The Labute approximate surface area is 205 Å². The Bertz CT molecular complexity index is 1020. The van der Waals surface area contributed by atoms with E-state index in [1.165, 1.54) is 0 Å².